The summed E-state index contributed by atoms with van der Waals surface area (Å²) < 4.78 is 5.10. The first-order valence-electron chi connectivity index (χ1n) is 12.8. The molecule has 2 saturated carbocycles. The molecule has 0 aromatic heterocycles. The number of aliphatic hydroxyl groups is 1. The number of nitrogens with one attached hydrogen (secondary N) is 2. The van der Waals surface area contributed by atoms with Gasteiger partial charge in [-0.2, -0.15) is 0 Å². The zero-order valence-electron chi connectivity index (χ0n) is 20.6. The number of nitrogens with zero attached hydrogens (tertiary/aromatic N) is 1. The second-order valence-corrected chi connectivity index (χ2v) is 10.1. The number of hydrogen-bond acceptors (Lipinski definition) is 6. The highest BCUT2D eigenvalue weighted by atomic mass is 16.5. The van der Waals surface area contributed by atoms with Gasteiger partial charge in [0.25, 0.3) is 5.91 Å². The summed E-state index contributed by atoms with van der Waals surface area (Å²) in [7, 11) is 1.49. The molecule has 3 aliphatic rings. The molecule has 0 unspecified atom stereocenters. The van der Waals surface area contributed by atoms with Crippen LogP contribution < -0.4 is 20.3 Å². The number of carbonyl (C=O) groups is 4. The highest BCUT2D eigenvalue weighted by Crippen LogP contribution is 2.37. The molecule has 2 aliphatic carbocycles. The average molecular weight is 502 g/mol. The van der Waals surface area contributed by atoms with Gasteiger partial charge in [0, 0.05) is 11.7 Å². The van der Waals surface area contributed by atoms with Gasteiger partial charge in [0.05, 0.1) is 7.11 Å². The number of ether oxygens (including phenoxy) is 1. The third-order valence-electron chi connectivity index (χ3n) is 7.80. The maximum atomic E-state index is 13.3. The molecule has 0 bridgehead atoms. The van der Waals surface area contributed by atoms with Crippen molar-refractivity contribution in [3.63, 3.8) is 0 Å². The Balaban J connectivity index is 1.48. The van der Waals surface area contributed by atoms with Crippen molar-refractivity contribution in [3.05, 3.63) is 24.3 Å². The minimum Gasteiger partial charge on any atom is -0.497 e. The van der Waals surface area contributed by atoms with Crippen LogP contribution in [0.3, 0.4) is 0 Å². The first-order chi connectivity index (χ1) is 17.3. The van der Waals surface area contributed by atoms with Gasteiger partial charge in [-0.05, 0) is 49.9 Å². The molecule has 1 aromatic carbocycles. The number of β-lactam (4-membered cyclic amide) rings is 1. The molecule has 10 nitrogen and oxygen atoms in total. The fourth-order valence-corrected chi connectivity index (χ4v) is 5.72. The molecule has 0 radical (unpaired) electrons. The number of rotatable bonds is 8. The SMILES string of the molecule is COc1ccc(N2C(=O)[C@H]([C@H](O)C(=O)NC3(C(=O)NC4CCCCC4)CCCCC3)[C@H]2C(=O)O)cc1. The Bertz CT molecular complexity index is 984. The number of carboxylic acids is 1. The first kappa shape index (κ1) is 25.9. The molecule has 1 aromatic rings. The zero-order chi connectivity index (χ0) is 25.9. The van der Waals surface area contributed by atoms with Gasteiger partial charge >= 0.3 is 5.97 Å². The summed E-state index contributed by atoms with van der Waals surface area (Å²) >= 11 is 0. The van der Waals surface area contributed by atoms with Crippen molar-refractivity contribution >= 4 is 29.4 Å². The van der Waals surface area contributed by atoms with E-state index < -0.39 is 41.4 Å². The normalized spacial score (nSPS) is 24.8. The van der Waals surface area contributed by atoms with Gasteiger partial charge in [-0.3, -0.25) is 19.3 Å². The summed E-state index contributed by atoms with van der Waals surface area (Å²) in [5.41, 5.74) is -0.845. The van der Waals surface area contributed by atoms with Gasteiger partial charge in [0.2, 0.25) is 11.8 Å². The van der Waals surface area contributed by atoms with Crippen molar-refractivity contribution in [1.82, 2.24) is 10.6 Å². The van der Waals surface area contributed by atoms with E-state index in [0.29, 0.717) is 24.3 Å². The van der Waals surface area contributed by atoms with E-state index in [-0.39, 0.29) is 11.9 Å². The molecule has 196 valence electrons. The summed E-state index contributed by atoms with van der Waals surface area (Å²) in [6.07, 6.45) is 6.46. The largest absolute Gasteiger partial charge is 0.497 e. The molecule has 1 aliphatic heterocycles. The third kappa shape index (κ3) is 5.04. The Labute approximate surface area is 210 Å². The van der Waals surface area contributed by atoms with Gasteiger partial charge in [-0.1, -0.05) is 38.5 Å². The first-order valence-corrected chi connectivity index (χ1v) is 12.8. The number of carboxylic acid groups (broad SMARTS) is 1. The summed E-state index contributed by atoms with van der Waals surface area (Å²) in [5, 5.41) is 26.5. The molecule has 0 spiro atoms. The van der Waals surface area contributed by atoms with E-state index in [9.17, 15) is 29.4 Å². The maximum Gasteiger partial charge on any atom is 0.327 e. The molecule has 10 heteroatoms. The second kappa shape index (κ2) is 10.9. The maximum absolute atomic E-state index is 13.3. The Kier molecular flexibility index (Phi) is 7.82. The van der Waals surface area contributed by atoms with Gasteiger partial charge in [-0.15, -0.1) is 0 Å². The number of aliphatic carboxylic acids is 1. The molecule has 3 atom stereocenters. The smallest absolute Gasteiger partial charge is 0.327 e. The van der Waals surface area contributed by atoms with Crippen molar-refractivity contribution < 1.29 is 34.1 Å². The van der Waals surface area contributed by atoms with E-state index >= 15 is 0 Å². The minimum atomic E-state index is -1.89. The lowest BCUT2D eigenvalue weighted by molar-refractivity contribution is -0.157. The van der Waals surface area contributed by atoms with Crippen LogP contribution in [0.2, 0.25) is 0 Å². The predicted molar refractivity (Wildman–Crippen MR) is 130 cm³/mol. The van der Waals surface area contributed by atoms with Crippen LogP contribution in [0.4, 0.5) is 5.69 Å². The number of hydrogen-bond donors (Lipinski definition) is 4. The van der Waals surface area contributed by atoms with Gasteiger partial charge in [-0.25, -0.2) is 4.79 Å². The standard InChI is InChI=1S/C26H35N3O7/c1-36-18-12-10-17(11-13-18)29-20(24(33)34)19(23(29)32)21(30)22(31)28-26(14-6-3-7-15-26)25(35)27-16-8-4-2-5-9-16/h10-13,16,19-21,30H,2-9,14-15H2,1H3,(H,27,35)(H,28,31)(H,33,34)/t19-,20-,21-/m0/s1. The molecule has 4 rings (SSSR count). The molecule has 4 N–H and O–H groups in total. The lowest BCUT2D eigenvalue weighted by Gasteiger charge is -2.46. The summed E-state index contributed by atoms with van der Waals surface area (Å²) in [4.78, 5) is 52.5. The summed E-state index contributed by atoms with van der Waals surface area (Å²) in [5.74, 6) is -4.06. The molecule has 1 saturated heterocycles. The summed E-state index contributed by atoms with van der Waals surface area (Å²) in [6.45, 7) is 0. The van der Waals surface area contributed by atoms with Crippen LogP contribution in [0.5, 0.6) is 5.75 Å². The predicted octanol–water partition coefficient (Wildman–Crippen LogP) is 1.74. The van der Waals surface area contributed by atoms with Crippen molar-refractivity contribution in [2.24, 2.45) is 5.92 Å². The van der Waals surface area contributed by atoms with Crippen LogP contribution >= 0.6 is 0 Å². The van der Waals surface area contributed by atoms with E-state index in [2.05, 4.69) is 10.6 Å². The van der Waals surface area contributed by atoms with Gasteiger partial charge < -0.3 is 25.6 Å². The number of amides is 3. The van der Waals surface area contributed by atoms with E-state index in [4.69, 9.17) is 4.74 Å². The highest BCUT2D eigenvalue weighted by Gasteiger charge is 2.58. The fraction of sp³-hybridized carbons (Fsp3) is 0.615. The fourth-order valence-electron chi connectivity index (χ4n) is 5.72. The molecular formula is C26H35N3O7. The molecule has 3 fully saturated rings. The average Bonchev–Trinajstić information content (AvgIpc) is 2.88. The number of carbonyl (C=O) groups excluding carboxylic acids is 3. The lowest BCUT2D eigenvalue weighted by atomic mass is 9.78. The van der Waals surface area contributed by atoms with E-state index in [1.54, 1.807) is 24.3 Å². The van der Waals surface area contributed by atoms with Crippen LogP contribution in [-0.2, 0) is 19.2 Å². The van der Waals surface area contributed by atoms with Gasteiger partial charge in [0.15, 0.2) is 0 Å². The van der Waals surface area contributed by atoms with E-state index in [1.807, 2.05) is 0 Å². The Morgan fingerprint density at radius 2 is 1.64 bits per heavy atom. The van der Waals surface area contributed by atoms with Crippen LogP contribution in [-0.4, -0.2) is 64.7 Å². The van der Waals surface area contributed by atoms with E-state index in [1.165, 1.54) is 7.11 Å². The highest BCUT2D eigenvalue weighted by molar-refractivity contribution is 6.12. The van der Waals surface area contributed by atoms with Crippen LogP contribution in [0.1, 0.15) is 64.2 Å². The molecule has 36 heavy (non-hydrogen) atoms. The van der Waals surface area contributed by atoms with Crippen LogP contribution in [0.25, 0.3) is 0 Å². The lowest BCUT2D eigenvalue weighted by Crippen LogP contribution is -2.71. The quantitative estimate of drug-likeness (QED) is 0.397. The monoisotopic (exact) mass is 501 g/mol. The summed E-state index contributed by atoms with van der Waals surface area (Å²) in [6, 6.07) is 4.93. The van der Waals surface area contributed by atoms with Crippen LogP contribution in [0, 0.1) is 5.92 Å². The minimum absolute atomic E-state index is 0.0644. The Hall–Kier alpha value is -3.14. The third-order valence-corrected chi connectivity index (χ3v) is 7.80. The van der Waals surface area contributed by atoms with Crippen molar-refractivity contribution in [2.45, 2.75) is 87.9 Å². The Morgan fingerprint density at radius 3 is 2.22 bits per heavy atom. The molecule has 3 amide bonds. The number of benzene rings is 1. The van der Waals surface area contributed by atoms with Crippen molar-refractivity contribution in [3.8, 4) is 5.75 Å². The van der Waals surface area contributed by atoms with Crippen LogP contribution in [0.15, 0.2) is 24.3 Å². The van der Waals surface area contributed by atoms with Crippen molar-refractivity contribution in [1.29, 1.82) is 0 Å². The molecular weight excluding hydrogens is 466 g/mol. The number of anilines is 1. The second-order valence-electron chi connectivity index (χ2n) is 10.1. The Morgan fingerprint density at radius 1 is 1.03 bits per heavy atom. The van der Waals surface area contributed by atoms with Gasteiger partial charge in [0.1, 0.15) is 29.4 Å². The zero-order valence-corrected chi connectivity index (χ0v) is 20.6. The molecule has 1 heterocycles. The van der Waals surface area contributed by atoms with E-state index in [0.717, 1.165) is 56.3 Å². The number of methoxy groups -OCH3 is 1. The number of aliphatic hydroxyl groups excluding tert-OH is 1. The topological polar surface area (TPSA) is 145 Å². The van der Waals surface area contributed by atoms with Crippen molar-refractivity contribution in [2.75, 3.05) is 12.0 Å².